The first kappa shape index (κ1) is 34.3. The van der Waals surface area contributed by atoms with E-state index < -0.39 is 53.5 Å². The van der Waals surface area contributed by atoms with Crippen LogP contribution in [0.1, 0.15) is 30.4 Å². The third-order valence-electron chi connectivity index (χ3n) is 7.74. The van der Waals surface area contributed by atoms with E-state index in [1.807, 2.05) is 60.7 Å². The highest BCUT2D eigenvalue weighted by Gasteiger charge is 2.58. The minimum atomic E-state index is -2.14. The number of carboxylic acids is 1. The summed E-state index contributed by atoms with van der Waals surface area (Å²) in [7, 11) is 0. The molecule has 46 heavy (non-hydrogen) atoms. The number of rotatable bonds is 19. The second-order valence-corrected chi connectivity index (χ2v) is 11.2. The van der Waals surface area contributed by atoms with Gasteiger partial charge in [0.25, 0.3) is 5.91 Å². The molecule has 5 atom stereocenters. The molecule has 0 aliphatic carbocycles. The van der Waals surface area contributed by atoms with Crippen LogP contribution < -0.4 is 27.6 Å². The van der Waals surface area contributed by atoms with Gasteiger partial charge in [-0.3, -0.25) is 29.5 Å². The number of carbonyl (C=O) groups is 4. The number of ether oxygens (including phenoxy) is 1. The number of benzene rings is 3. The summed E-state index contributed by atoms with van der Waals surface area (Å²) in [4.78, 5) is 58.3. The minimum Gasteiger partial charge on any atom is -0.480 e. The molecule has 1 unspecified atom stereocenters. The number of carbonyl (C=O) groups excluding carboxylic acids is 3. The van der Waals surface area contributed by atoms with Crippen LogP contribution >= 0.6 is 0 Å². The van der Waals surface area contributed by atoms with Crippen molar-refractivity contribution in [2.75, 3.05) is 18.6 Å². The molecule has 1 fully saturated rings. The van der Waals surface area contributed by atoms with E-state index in [1.54, 1.807) is 30.3 Å². The second kappa shape index (κ2) is 16.6. The summed E-state index contributed by atoms with van der Waals surface area (Å²) in [5.74, 6) is -3.34. The third-order valence-corrected chi connectivity index (χ3v) is 7.74. The number of hydrogen-bond acceptors (Lipinski definition) is 9. The number of para-hydroxylation sites is 1. The van der Waals surface area contributed by atoms with Crippen molar-refractivity contribution in [3.8, 4) is 0 Å². The molecule has 1 aliphatic heterocycles. The molecule has 0 bridgehead atoms. The predicted molar refractivity (Wildman–Crippen MR) is 171 cm³/mol. The average molecular weight is 632 g/mol. The number of unbranched alkanes of at least 4 members (excludes halogenated alkanes) is 1. The van der Waals surface area contributed by atoms with Crippen molar-refractivity contribution in [1.29, 1.82) is 0 Å². The maximum atomic E-state index is 13.7. The van der Waals surface area contributed by atoms with Crippen LogP contribution in [0.15, 0.2) is 91.0 Å². The van der Waals surface area contributed by atoms with Gasteiger partial charge in [-0.05, 0) is 55.5 Å². The molecular formula is C34H41N5O7. The Hall–Kier alpha value is -4.62. The van der Waals surface area contributed by atoms with Gasteiger partial charge in [0.1, 0.15) is 6.04 Å². The van der Waals surface area contributed by atoms with E-state index in [0.717, 1.165) is 11.1 Å². The molecule has 1 saturated heterocycles. The molecule has 3 aromatic rings. The van der Waals surface area contributed by atoms with Gasteiger partial charge in [-0.15, -0.1) is 0 Å². The number of anilines is 1. The van der Waals surface area contributed by atoms with Gasteiger partial charge in [-0.2, -0.15) is 0 Å². The highest BCUT2D eigenvalue weighted by Crippen LogP contribution is 2.30. The molecule has 12 nitrogen and oxygen atoms in total. The molecule has 1 aliphatic rings. The van der Waals surface area contributed by atoms with Crippen molar-refractivity contribution in [3.05, 3.63) is 102 Å². The lowest BCUT2D eigenvalue weighted by Gasteiger charge is -2.32. The van der Waals surface area contributed by atoms with Crippen LogP contribution in [0.3, 0.4) is 0 Å². The molecule has 3 aromatic carbocycles. The Morgan fingerprint density at radius 2 is 1.48 bits per heavy atom. The van der Waals surface area contributed by atoms with E-state index in [4.69, 9.17) is 21.0 Å². The fourth-order valence-electron chi connectivity index (χ4n) is 5.05. The smallest absolute Gasteiger partial charge is 0.327 e. The minimum absolute atomic E-state index is 0.113. The van der Waals surface area contributed by atoms with Crippen LogP contribution in [0.2, 0.25) is 0 Å². The Kier molecular flexibility index (Phi) is 12.4. The first-order valence-electron chi connectivity index (χ1n) is 15.3. The molecule has 0 saturated carbocycles. The third kappa shape index (κ3) is 9.44. The zero-order chi connectivity index (χ0) is 32.9. The molecule has 244 valence electrons. The Morgan fingerprint density at radius 1 is 0.870 bits per heavy atom. The van der Waals surface area contributed by atoms with Crippen molar-refractivity contribution in [1.82, 2.24) is 10.6 Å². The maximum Gasteiger partial charge on any atom is 0.327 e. The first-order chi connectivity index (χ1) is 22.2. The molecule has 0 spiro atoms. The summed E-state index contributed by atoms with van der Waals surface area (Å²) in [5.41, 5.74) is 14.7. The number of Topliss-reactive ketones (excluding diaryl/α,β-unsaturated/α-hetero) is 1. The van der Waals surface area contributed by atoms with Crippen molar-refractivity contribution < 1.29 is 33.9 Å². The normalized spacial score (nSPS) is 18.0. The summed E-state index contributed by atoms with van der Waals surface area (Å²) >= 11 is 0. The second-order valence-electron chi connectivity index (χ2n) is 11.2. The van der Waals surface area contributed by atoms with Crippen molar-refractivity contribution in [2.45, 2.75) is 62.0 Å². The van der Waals surface area contributed by atoms with Gasteiger partial charge in [0.15, 0.2) is 29.6 Å². The van der Waals surface area contributed by atoms with E-state index in [1.165, 1.54) is 0 Å². The highest BCUT2D eigenvalue weighted by molar-refractivity contribution is 6.02. The summed E-state index contributed by atoms with van der Waals surface area (Å²) < 4.78 is 5.47. The number of hydrogen-bond donors (Lipinski definition) is 6. The monoisotopic (exact) mass is 631 g/mol. The fourth-order valence-corrected chi connectivity index (χ4v) is 5.05. The van der Waals surface area contributed by atoms with Crippen LogP contribution in [0.5, 0.6) is 0 Å². The molecule has 8 N–H and O–H groups in total. The van der Waals surface area contributed by atoms with Gasteiger partial charge in [-0.1, -0.05) is 78.9 Å². The number of nitrogens with two attached hydrogens (primary N) is 2. The zero-order valence-electron chi connectivity index (χ0n) is 25.5. The SMILES string of the molecule is NCCCC[C@@](N)(C(=O)O)C(ONc1ccccc1)C(=O)[C@H]1O[C@@H]1C(=O)N[C@@H](Cc1ccccc1)C(=O)NCCc1ccccc1. The lowest BCUT2D eigenvalue weighted by atomic mass is 9.84. The van der Waals surface area contributed by atoms with E-state index >= 15 is 0 Å². The van der Waals surface area contributed by atoms with Crippen molar-refractivity contribution in [3.63, 3.8) is 0 Å². The molecule has 0 aromatic heterocycles. The highest BCUT2D eigenvalue weighted by atomic mass is 16.7. The van der Waals surface area contributed by atoms with Gasteiger partial charge in [0.2, 0.25) is 5.91 Å². The van der Waals surface area contributed by atoms with Gasteiger partial charge >= 0.3 is 5.97 Å². The molecule has 0 radical (unpaired) electrons. The van der Waals surface area contributed by atoms with Crippen molar-refractivity contribution >= 4 is 29.3 Å². The van der Waals surface area contributed by atoms with Crippen LogP contribution in [0.4, 0.5) is 5.69 Å². The van der Waals surface area contributed by atoms with Crippen LogP contribution in [0.25, 0.3) is 0 Å². The predicted octanol–water partition coefficient (Wildman–Crippen LogP) is 1.73. The van der Waals surface area contributed by atoms with E-state index in [2.05, 4.69) is 16.1 Å². The van der Waals surface area contributed by atoms with E-state index in [-0.39, 0.29) is 12.8 Å². The zero-order valence-corrected chi connectivity index (χ0v) is 25.5. The number of aliphatic carboxylic acids is 1. The summed E-state index contributed by atoms with van der Waals surface area (Å²) in [6.45, 7) is 0.672. The van der Waals surface area contributed by atoms with E-state index in [9.17, 15) is 24.3 Å². The van der Waals surface area contributed by atoms with Gasteiger partial charge in [0.05, 0.1) is 5.69 Å². The Labute approximate surface area is 267 Å². The van der Waals surface area contributed by atoms with Crippen LogP contribution in [-0.2, 0) is 41.6 Å². The Morgan fingerprint density at radius 3 is 2.09 bits per heavy atom. The average Bonchev–Trinajstić information content (AvgIpc) is 3.87. The van der Waals surface area contributed by atoms with Crippen LogP contribution in [0, 0.1) is 0 Å². The standard InChI is InChI=1S/C34H41N5O7/c35-20-11-10-19-34(36,33(43)44)30(46-39-25-16-8-3-9-17-25)27(40)28-29(45-28)32(42)38-26(22-24-14-6-2-7-15-24)31(41)37-21-18-23-12-4-1-5-13-23/h1-9,12-17,26,28-30,39H,10-11,18-22,35-36H2,(H,37,41)(H,38,42)(H,43,44)/t26-,28+,29-,30?,34-/m0/s1. The van der Waals surface area contributed by atoms with Gasteiger partial charge in [-0.25, -0.2) is 0 Å². The molecular weight excluding hydrogens is 590 g/mol. The van der Waals surface area contributed by atoms with Gasteiger partial charge in [0, 0.05) is 13.0 Å². The molecule has 2 amide bonds. The summed E-state index contributed by atoms with van der Waals surface area (Å²) in [6, 6.07) is 26.5. The largest absolute Gasteiger partial charge is 0.480 e. The number of epoxide rings is 1. The molecule has 4 rings (SSSR count). The van der Waals surface area contributed by atoms with E-state index in [0.29, 0.717) is 38.0 Å². The maximum absolute atomic E-state index is 13.7. The molecule has 12 heteroatoms. The summed E-state index contributed by atoms with van der Waals surface area (Å²) in [5, 5.41) is 15.7. The molecule has 1 heterocycles. The number of amides is 2. The van der Waals surface area contributed by atoms with Gasteiger partial charge < -0.3 is 31.9 Å². The van der Waals surface area contributed by atoms with Crippen LogP contribution in [-0.4, -0.2) is 71.7 Å². The fraction of sp³-hybridized carbons (Fsp3) is 0.353. The quantitative estimate of drug-likeness (QED) is 0.0644. The Bertz CT molecular complexity index is 1440. The topological polar surface area (TPSA) is 198 Å². The first-order valence-corrected chi connectivity index (χ1v) is 15.3. The lowest BCUT2D eigenvalue weighted by Crippen LogP contribution is -2.62. The lowest BCUT2D eigenvalue weighted by molar-refractivity contribution is -0.155. The Balaban J connectivity index is 1.45. The van der Waals surface area contributed by atoms with Crippen molar-refractivity contribution in [2.24, 2.45) is 11.5 Å². The number of ketones is 1. The summed E-state index contributed by atoms with van der Waals surface area (Å²) in [6.07, 6.45) is -2.78. The number of carboxylic acid groups (broad SMARTS) is 1. The number of nitrogens with one attached hydrogen (secondary N) is 3.